The van der Waals surface area contributed by atoms with Crippen LogP contribution in [0.2, 0.25) is 0 Å². The van der Waals surface area contributed by atoms with Gasteiger partial charge < -0.3 is 5.32 Å². The maximum atomic E-state index is 3.36. The Kier molecular flexibility index (Phi) is 4.18. The van der Waals surface area contributed by atoms with Gasteiger partial charge >= 0.3 is 0 Å². The number of nitrogens with one attached hydrogen (secondary N) is 1. The van der Waals surface area contributed by atoms with Crippen LogP contribution in [-0.4, -0.2) is 13.1 Å². The Bertz CT molecular complexity index is 203. The minimum atomic E-state index is 0.438. The zero-order valence-electron chi connectivity index (χ0n) is 10.2. The molecule has 0 saturated carbocycles. The van der Waals surface area contributed by atoms with Gasteiger partial charge in [-0.3, -0.25) is 0 Å². The van der Waals surface area contributed by atoms with Crippen LogP contribution in [-0.2, 0) is 0 Å². The highest BCUT2D eigenvalue weighted by Crippen LogP contribution is 2.37. The Balaban J connectivity index is 2.57. The van der Waals surface area contributed by atoms with Gasteiger partial charge in [0.25, 0.3) is 0 Å². The van der Waals surface area contributed by atoms with Crippen molar-refractivity contribution in [3.8, 4) is 0 Å². The molecule has 0 aliphatic heterocycles. The van der Waals surface area contributed by atoms with E-state index in [0.29, 0.717) is 5.41 Å². The second-order valence-electron chi connectivity index (χ2n) is 5.12. The molecule has 0 spiro atoms. The van der Waals surface area contributed by atoms with E-state index in [4.69, 9.17) is 0 Å². The van der Waals surface area contributed by atoms with E-state index in [-0.39, 0.29) is 0 Å². The molecule has 1 rings (SSSR count). The molecule has 0 aromatic carbocycles. The van der Waals surface area contributed by atoms with E-state index in [0.717, 1.165) is 6.04 Å². The van der Waals surface area contributed by atoms with Gasteiger partial charge in [-0.1, -0.05) is 38.8 Å². The lowest BCUT2D eigenvalue weighted by Crippen LogP contribution is -2.29. The maximum absolute atomic E-state index is 3.36. The van der Waals surface area contributed by atoms with Crippen molar-refractivity contribution in [3.05, 3.63) is 11.6 Å². The summed E-state index contributed by atoms with van der Waals surface area (Å²) >= 11 is 0. The molecular formula is C13H25N. The van der Waals surface area contributed by atoms with Crippen LogP contribution in [0.15, 0.2) is 11.6 Å². The molecule has 1 unspecified atom stereocenters. The highest BCUT2D eigenvalue weighted by Gasteiger charge is 2.25. The predicted octanol–water partition coefficient (Wildman–Crippen LogP) is 3.51. The second-order valence-corrected chi connectivity index (χ2v) is 5.12. The Labute approximate surface area is 89.0 Å². The van der Waals surface area contributed by atoms with Gasteiger partial charge in [-0.15, -0.1) is 0 Å². The van der Waals surface area contributed by atoms with E-state index in [1.54, 1.807) is 5.57 Å². The molecule has 0 amide bonds. The number of rotatable bonds is 4. The predicted molar refractivity (Wildman–Crippen MR) is 63.5 cm³/mol. The van der Waals surface area contributed by atoms with E-state index in [1.807, 2.05) is 0 Å². The minimum Gasteiger partial charge on any atom is -0.317 e. The van der Waals surface area contributed by atoms with Gasteiger partial charge in [-0.2, -0.15) is 0 Å². The Morgan fingerprint density at radius 3 is 2.64 bits per heavy atom. The molecule has 0 fully saturated rings. The molecule has 0 heterocycles. The maximum Gasteiger partial charge on any atom is 0.0102 e. The Morgan fingerprint density at radius 2 is 2.21 bits per heavy atom. The highest BCUT2D eigenvalue weighted by molar-refractivity contribution is 5.15. The number of allylic oxidation sites excluding steroid dienone is 1. The van der Waals surface area contributed by atoms with Gasteiger partial charge in [0.2, 0.25) is 0 Å². The summed E-state index contributed by atoms with van der Waals surface area (Å²) in [6.45, 7) is 7.06. The summed E-state index contributed by atoms with van der Waals surface area (Å²) in [5.41, 5.74) is 2.12. The van der Waals surface area contributed by atoms with Crippen LogP contribution >= 0.6 is 0 Å². The van der Waals surface area contributed by atoms with Gasteiger partial charge in [0.05, 0.1) is 0 Å². The van der Waals surface area contributed by atoms with Gasteiger partial charge in [-0.05, 0) is 38.1 Å². The molecule has 0 aromatic heterocycles. The highest BCUT2D eigenvalue weighted by atomic mass is 14.9. The zero-order valence-corrected chi connectivity index (χ0v) is 10.2. The molecule has 0 bridgehead atoms. The summed E-state index contributed by atoms with van der Waals surface area (Å²) < 4.78 is 0. The Hall–Kier alpha value is -0.300. The van der Waals surface area contributed by atoms with E-state index in [1.165, 1.54) is 32.1 Å². The molecule has 14 heavy (non-hydrogen) atoms. The van der Waals surface area contributed by atoms with Crippen molar-refractivity contribution in [1.29, 1.82) is 0 Å². The van der Waals surface area contributed by atoms with E-state index >= 15 is 0 Å². The average Bonchev–Trinajstić information content (AvgIpc) is 2.18. The van der Waals surface area contributed by atoms with Crippen molar-refractivity contribution in [1.82, 2.24) is 5.32 Å². The quantitative estimate of drug-likeness (QED) is 0.677. The third-order valence-corrected chi connectivity index (χ3v) is 3.56. The first kappa shape index (κ1) is 11.8. The van der Waals surface area contributed by atoms with Crippen LogP contribution < -0.4 is 5.32 Å². The molecule has 1 aliphatic rings. The fourth-order valence-electron chi connectivity index (χ4n) is 2.50. The number of hydrogen-bond acceptors (Lipinski definition) is 1. The third-order valence-electron chi connectivity index (χ3n) is 3.56. The van der Waals surface area contributed by atoms with Crippen molar-refractivity contribution in [2.45, 2.75) is 58.9 Å². The first-order valence-electron chi connectivity index (χ1n) is 5.97. The van der Waals surface area contributed by atoms with Crippen molar-refractivity contribution in [2.75, 3.05) is 7.05 Å². The fourth-order valence-corrected chi connectivity index (χ4v) is 2.50. The Morgan fingerprint density at radius 1 is 1.50 bits per heavy atom. The molecule has 1 N–H and O–H groups in total. The normalized spacial score (nSPS) is 23.4. The van der Waals surface area contributed by atoms with E-state index < -0.39 is 0 Å². The lowest BCUT2D eigenvalue weighted by atomic mass is 9.75. The monoisotopic (exact) mass is 195 g/mol. The summed E-state index contributed by atoms with van der Waals surface area (Å²) in [7, 11) is 2.07. The molecule has 82 valence electrons. The topological polar surface area (TPSA) is 12.0 Å². The van der Waals surface area contributed by atoms with Gasteiger partial charge in [0.1, 0.15) is 0 Å². The standard InChI is InChI=1S/C13H25N/c1-5-10-13(2,3)11-6-8-12(14-4)9-7-11/h6,12,14H,5,7-10H2,1-4H3. The fraction of sp³-hybridized carbons (Fsp3) is 0.846. The van der Waals surface area contributed by atoms with Crippen LogP contribution in [0, 0.1) is 5.41 Å². The van der Waals surface area contributed by atoms with Crippen molar-refractivity contribution in [3.63, 3.8) is 0 Å². The molecule has 1 atom stereocenters. The SMILES string of the molecule is CCCC(C)(C)C1=CCC(NC)CC1. The van der Waals surface area contributed by atoms with E-state index in [9.17, 15) is 0 Å². The molecule has 1 nitrogen and oxygen atoms in total. The second kappa shape index (κ2) is 4.97. The summed E-state index contributed by atoms with van der Waals surface area (Å²) in [6.07, 6.45) is 8.91. The summed E-state index contributed by atoms with van der Waals surface area (Å²) in [5, 5.41) is 3.36. The first-order valence-corrected chi connectivity index (χ1v) is 5.97. The zero-order chi connectivity index (χ0) is 10.6. The smallest absolute Gasteiger partial charge is 0.0102 e. The third kappa shape index (κ3) is 2.84. The summed E-state index contributed by atoms with van der Waals surface area (Å²) in [6, 6.07) is 0.719. The van der Waals surface area contributed by atoms with Crippen LogP contribution in [0.25, 0.3) is 0 Å². The van der Waals surface area contributed by atoms with Crippen molar-refractivity contribution >= 4 is 0 Å². The molecule has 0 saturated heterocycles. The number of hydrogen-bond donors (Lipinski definition) is 1. The lowest BCUT2D eigenvalue weighted by Gasteiger charge is -2.32. The largest absolute Gasteiger partial charge is 0.317 e. The first-order chi connectivity index (χ1) is 6.60. The average molecular weight is 195 g/mol. The lowest BCUT2D eigenvalue weighted by molar-refractivity contribution is 0.364. The van der Waals surface area contributed by atoms with Crippen molar-refractivity contribution < 1.29 is 0 Å². The molecule has 0 radical (unpaired) electrons. The minimum absolute atomic E-state index is 0.438. The molecule has 1 heteroatoms. The summed E-state index contributed by atoms with van der Waals surface area (Å²) in [4.78, 5) is 0. The van der Waals surface area contributed by atoms with Crippen LogP contribution in [0.4, 0.5) is 0 Å². The van der Waals surface area contributed by atoms with E-state index in [2.05, 4.69) is 39.2 Å². The molecule has 0 aromatic rings. The van der Waals surface area contributed by atoms with Crippen LogP contribution in [0.3, 0.4) is 0 Å². The van der Waals surface area contributed by atoms with Gasteiger partial charge in [0, 0.05) is 6.04 Å². The van der Waals surface area contributed by atoms with Crippen LogP contribution in [0.5, 0.6) is 0 Å². The molecule has 1 aliphatic carbocycles. The van der Waals surface area contributed by atoms with Gasteiger partial charge in [-0.25, -0.2) is 0 Å². The van der Waals surface area contributed by atoms with Gasteiger partial charge in [0.15, 0.2) is 0 Å². The van der Waals surface area contributed by atoms with Crippen molar-refractivity contribution in [2.24, 2.45) is 5.41 Å². The molecular weight excluding hydrogens is 170 g/mol. The summed E-state index contributed by atoms with van der Waals surface area (Å²) in [5.74, 6) is 0. The van der Waals surface area contributed by atoms with Crippen LogP contribution in [0.1, 0.15) is 52.9 Å².